The maximum atomic E-state index is 12.6. The van der Waals surface area contributed by atoms with Crippen LogP contribution in [0.4, 0.5) is 8.78 Å². The second-order valence-electron chi connectivity index (χ2n) is 6.91. The van der Waals surface area contributed by atoms with Crippen LogP contribution in [0.3, 0.4) is 0 Å². The van der Waals surface area contributed by atoms with Gasteiger partial charge in [0.2, 0.25) is 0 Å². The van der Waals surface area contributed by atoms with Crippen molar-refractivity contribution >= 4 is 5.96 Å². The molecular weight excluding hydrogens is 370 g/mol. The summed E-state index contributed by atoms with van der Waals surface area (Å²) in [5, 5.41) is 6.37. The van der Waals surface area contributed by atoms with E-state index in [2.05, 4.69) is 25.3 Å². The van der Waals surface area contributed by atoms with Gasteiger partial charge in [-0.25, -0.2) is 0 Å². The van der Waals surface area contributed by atoms with Crippen LogP contribution in [0.2, 0.25) is 0 Å². The molecule has 2 aliphatic rings. The van der Waals surface area contributed by atoms with Gasteiger partial charge in [0.25, 0.3) is 0 Å². The van der Waals surface area contributed by atoms with Gasteiger partial charge in [-0.2, -0.15) is 8.78 Å². The van der Waals surface area contributed by atoms with Crippen LogP contribution in [0.1, 0.15) is 18.4 Å². The highest BCUT2D eigenvalue weighted by Crippen LogP contribution is 2.25. The first-order valence-electron chi connectivity index (χ1n) is 9.51. The third kappa shape index (κ3) is 5.45. The Bertz CT molecular complexity index is 675. The lowest BCUT2D eigenvalue weighted by Crippen LogP contribution is -2.51. The Morgan fingerprint density at radius 1 is 1.39 bits per heavy atom. The van der Waals surface area contributed by atoms with E-state index >= 15 is 0 Å². The summed E-state index contributed by atoms with van der Waals surface area (Å²) in [5.41, 5.74) is 0.552. The Hall–Kier alpha value is -2.13. The van der Waals surface area contributed by atoms with Crippen molar-refractivity contribution in [3.63, 3.8) is 0 Å². The van der Waals surface area contributed by atoms with Crippen molar-refractivity contribution in [3.8, 4) is 11.5 Å². The Labute approximate surface area is 164 Å². The second-order valence-corrected chi connectivity index (χ2v) is 6.91. The van der Waals surface area contributed by atoms with Gasteiger partial charge in [-0.15, -0.1) is 0 Å². The molecule has 2 saturated heterocycles. The Morgan fingerprint density at radius 2 is 2.25 bits per heavy atom. The smallest absolute Gasteiger partial charge is 0.387 e. The van der Waals surface area contributed by atoms with Crippen LogP contribution in [-0.4, -0.2) is 70.0 Å². The summed E-state index contributed by atoms with van der Waals surface area (Å²) in [5.74, 6) is 1.24. The van der Waals surface area contributed by atoms with Gasteiger partial charge in [-0.3, -0.25) is 9.89 Å². The molecule has 2 N–H and O–H groups in total. The number of aliphatic imine (C=N–C) groups is 1. The molecule has 7 nitrogen and oxygen atoms in total. The number of guanidine groups is 1. The molecule has 0 amide bonds. The monoisotopic (exact) mass is 398 g/mol. The molecular formula is C19H28F2N4O3. The molecule has 2 aliphatic heterocycles. The fourth-order valence-electron chi connectivity index (χ4n) is 3.65. The molecule has 0 spiro atoms. The highest BCUT2D eigenvalue weighted by molar-refractivity contribution is 5.79. The summed E-state index contributed by atoms with van der Waals surface area (Å²) < 4.78 is 41.0. The minimum Gasteiger partial charge on any atom is -0.497 e. The van der Waals surface area contributed by atoms with Gasteiger partial charge in [0.15, 0.2) is 5.96 Å². The number of nitrogens with zero attached hydrogens (tertiary/aromatic N) is 2. The highest BCUT2D eigenvalue weighted by atomic mass is 19.3. The maximum absolute atomic E-state index is 12.6. The number of hydrogen-bond acceptors (Lipinski definition) is 5. The summed E-state index contributed by atoms with van der Waals surface area (Å²) in [7, 11) is 3.19. The van der Waals surface area contributed by atoms with Crippen LogP contribution in [0.5, 0.6) is 11.5 Å². The first-order valence-corrected chi connectivity index (χ1v) is 9.51. The minimum atomic E-state index is -2.89. The first-order chi connectivity index (χ1) is 13.6. The molecule has 0 saturated carbocycles. The summed E-state index contributed by atoms with van der Waals surface area (Å²) in [6.45, 7) is 0.829. The van der Waals surface area contributed by atoms with Gasteiger partial charge in [-0.1, -0.05) is 0 Å². The predicted molar refractivity (Wildman–Crippen MR) is 102 cm³/mol. The highest BCUT2D eigenvalue weighted by Gasteiger charge is 2.32. The predicted octanol–water partition coefficient (Wildman–Crippen LogP) is 1.82. The van der Waals surface area contributed by atoms with Crippen LogP contribution in [0.25, 0.3) is 0 Å². The summed E-state index contributed by atoms with van der Waals surface area (Å²) >= 11 is 0. The van der Waals surface area contributed by atoms with E-state index in [1.165, 1.54) is 26.0 Å². The maximum Gasteiger partial charge on any atom is 0.387 e. The average molecular weight is 398 g/mol. The third-order valence-electron chi connectivity index (χ3n) is 5.11. The molecule has 3 rings (SSSR count). The zero-order valence-corrected chi connectivity index (χ0v) is 16.3. The molecule has 9 heteroatoms. The van der Waals surface area contributed by atoms with Crippen molar-refractivity contribution in [2.45, 2.75) is 38.1 Å². The van der Waals surface area contributed by atoms with E-state index in [9.17, 15) is 8.78 Å². The van der Waals surface area contributed by atoms with Crippen molar-refractivity contribution in [3.05, 3.63) is 23.8 Å². The molecule has 28 heavy (non-hydrogen) atoms. The van der Waals surface area contributed by atoms with E-state index in [0.29, 0.717) is 29.9 Å². The van der Waals surface area contributed by atoms with E-state index in [1.807, 2.05) is 0 Å². The minimum absolute atomic E-state index is 0.0995. The first kappa shape index (κ1) is 20.6. The normalized spacial score (nSPS) is 22.8. The third-order valence-corrected chi connectivity index (χ3v) is 5.11. The van der Waals surface area contributed by atoms with Crippen molar-refractivity contribution in [2.75, 3.05) is 40.4 Å². The number of alkyl halides is 2. The van der Waals surface area contributed by atoms with E-state index in [1.54, 1.807) is 19.2 Å². The molecule has 1 aromatic rings. The fraction of sp³-hybridized carbons (Fsp3) is 0.632. The number of methoxy groups -OCH3 is 1. The van der Waals surface area contributed by atoms with E-state index in [-0.39, 0.29) is 18.4 Å². The topological polar surface area (TPSA) is 67.4 Å². The molecule has 0 aromatic heterocycles. The molecule has 2 unspecified atom stereocenters. The fourth-order valence-corrected chi connectivity index (χ4v) is 3.65. The molecule has 0 radical (unpaired) electrons. The molecule has 0 aliphatic carbocycles. The van der Waals surface area contributed by atoms with Crippen molar-refractivity contribution in [1.82, 2.24) is 15.5 Å². The summed E-state index contributed by atoms with van der Waals surface area (Å²) in [6.07, 6.45) is 2.55. The van der Waals surface area contributed by atoms with Crippen LogP contribution in [0, 0.1) is 0 Å². The number of benzene rings is 1. The van der Waals surface area contributed by atoms with Crippen LogP contribution >= 0.6 is 0 Å². The molecule has 2 heterocycles. The van der Waals surface area contributed by atoms with Crippen molar-refractivity contribution < 1.29 is 23.0 Å². The quantitative estimate of drug-likeness (QED) is 0.540. The number of morpholine rings is 1. The van der Waals surface area contributed by atoms with Crippen LogP contribution < -0.4 is 20.1 Å². The molecule has 2 fully saturated rings. The number of halogens is 2. The van der Waals surface area contributed by atoms with Crippen molar-refractivity contribution in [1.29, 1.82) is 0 Å². The van der Waals surface area contributed by atoms with Gasteiger partial charge in [0.1, 0.15) is 11.5 Å². The lowest BCUT2D eigenvalue weighted by Gasteiger charge is -2.35. The molecule has 156 valence electrons. The average Bonchev–Trinajstić information content (AvgIpc) is 3.16. The SMILES string of the molecule is CN=C(NCc1cc(OC)ccc1OC(F)F)NCC1CN2CCCC2CO1. The van der Waals surface area contributed by atoms with Gasteiger partial charge in [0, 0.05) is 38.3 Å². The van der Waals surface area contributed by atoms with E-state index in [4.69, 9.17) is 9.47 Å². The molecule has 1 aromatic carbocycles. The largest absolute Gasteiger partial charge is 0.497 e. The summed E-state index contributed by atoms with van der Waals surface area (Å²) in [6, 6.07) is 5.28. The standard InChI is InChI=1S/C19H28F2N4O3/c1-22-19(24-10-16-11-25-7-3-4-14(25)12-27-16)23-9-13-8-15(26-2)5-6-17(13)28-18(20)21/h5-6,8,14,16,18H,3-4,7,9-12H2,1-2H3,(H2,22,23,24). The lowest BCUT2D eigenvalue weighted by molar-refractivity contribution is -0.0505. The number of ether oxygens (including phenoxy) is 3. The Kier molecular flexibility index (Phi) is 7.27. The molecule has 2 atom stereocenters. The van der Waals surface area contributed by atoms with Crippen molar-refractivity contribution in [2.24, 2.45) is 4.99 Å². The van der Waals surface area contributed by atoms with Crippen LogP contribution in [-0.2, 0) is 11.3 Å². The zero-order chi connectivity index (χ0) is 19.9. The molecule has 0 bridgehead atoms. The Balaban J connectivity index is 1.52. The number of nitrogens with one attached hydrogen (secondary N) is 2. The van der Waals surface area contributed by atoms with E-state index in [0.717, 1.165) is 19.7 Å². The van der Waals surface area contributed by atoms with Gasteiger partial charge >= 0.3 is 6.61 Å². The second kappa shape index (κ2) is 9.88. The van der Waals surface area contributed by atoms with Gasteiger partial charge < -0.3 is 24.8 Å². The van der Waals surface area contributed by atoms with Gasteiger partial charge in [-0.05, 0) is 37.6 Å². The number of fused-ring (bicyclic) bond motifs is 1. The Morgan fingerprint density at radius 3 is 3.00 bits per heavy atom. The van der Waals surface area contributed by atoms with Crippen LogP contribution in [0.15, 0.2) is 23.2 Å². The van der Waals surface area contributed by atoms with E-state index < -0.39 is 6.61 Å². The summed E-state index contributed by atoms with van der Waals surface area (Å²) in [4.78, 5) is 6.67. The number of rotatable bonds is 7. The van der Waals surface area contributed by atoms with Gasteiger partial charge in [0.05, 0.1) is 19.8 Å². The number of hydrogen-bond donors (Lipinski definition) is 2. The lowest BCUT2D eigenvalue weighted by atomic mass is 10.2. The zero-order valence-electron chi connectivity index (χ0n) is 16.3.